The molecule has 1 N–H and O–H groups in total. The number of aryl methyl sites for hydroxylation is 1. The summed E-state index contributed by atoms with van der Waals surface area (Å²) < 4.78 is 2.36. The van der Waals surface area contributed by atoms with Crippen molar-refractivity contribution in [3.8, 4) is 0 Å². The maximum Gasteiger partial charge on any atom is 0.243 e. The first kappa shape index (κ1) is 15.9. The van der Waals surface area contributed by atoms with E-state index < -0.39 is 0 Å². The molecule has 1 aromatic carbocycles. The van der Waals surface area contributed by atoms with Gasteiger partial charge in [0.15, 0.2) is 4.77 Å². The fourth-order valence-electron chi connectivity index (χ4n) is 3.24. The van der Waals surface area contributed by atoms with Gasteiger partial charge in [0.1, 0.15) is 12.4 Å². The molecular weight excluding hydrogens is 308 g/mol. The second kappa shape index (κ2) is 7.08. The predicted octanol–water partition coefficient (Wildman–Crippen LogP) is 3.26. The summed E-state index contributed by atoms with van der Waals surface area (Å²) in [5, 5.41) is 7.04. The minimum atomic E-state index is 0.117. The molecule has 1 aliphatic rings. The molecule has 1 aliphatic heterocycles. The van der Waals surface area contributed by atoms with E-state index in [0.717, 1.165) is 38.1 Å². The summed E-state index contributed by atoms with van der Waals surface area (Å²) in [6.07, 6.45) is 3.87. The lowest BCUT2D eigenvalue weighted by molar-refractivity contribution is -0.132. The number of H-pyrrole nitrogens is 1. The van der Waals surface area contributed by atoms with E-state index in [4.69, 9.17) is 12.2 Å². The number of amides is 1. The topological polar surface area (TPSA) is 53.9 Å². The van der Waals surface area contributed by atoms with Gasteiger partial charge in [0.05, 0.1) is 6.04 Å². The van der Waals surface area contributed by atoms with E-state index in [2.05, 4.69) is 29.3 Å². The SMILES string of the molecule is CCCc1n[nH]c(=S)n1CC(=O)N1CCCC1c1ccccc1. The molecule has 1 atom stereocenters. The highest BCUT2D eigenvalue weighted by atomic mass is 32.1. The van der Waals surface area contributed by atoms with Crippen LogP contribution in [0.15, 0.2) is 30.3 Å². The quantitative estimate of drug-likeness (QED) is 0.856. The van der Waals surface area contributed by atoms with Gasteiger partial charge < -0.3 is 4.90 Å². The van der Waals surface area contributed by atoms with Crippen LogP contribution < -0.4 is 0 Å². The molecule has 0 bridgehead atoms. The lowest BCUT2D eigenvalue weighted by atomic mass is 10.0. The fraction of sp³-hybridized carbons (Fsp3) is 0.471. The van der Waals surface area contributed by atoms with Crippen LogP contribution in [0.5, 0.6) is 0 Å². The maximum absolute atomic E-state index is 12.8. The van der Waals surface area contributed by atoms with E-state index in [9.17, 15) is 4.79 Å². The Morgan fingerprint density at radius 1 is 1.39 bits per heavy atom. The third-order valence-corrected chi connectivity index (χ3v) is 4.67. The average molecular weight is 330 g/mol. The zero-order chi connectivity index (χ0) is 16.2. The highest BCUT2D eigenvalue weighted by Crippen LogP contribution is 2.31. The Morgan fingerprint density at radius 3 is 2.91 bits per heavy atom. The monoisotopic (exact) mass is 330 g/mol. The molecule has 0 saturated carbocycles. The summed E-state index contributed by atoms with van der Waals surface area (Å²) in [5.41, 5.74) is 1.21. The minimum absolute atomic E-state index is 0.117. The van der Waals surface area contributed by atoms with Crippen molar-refractivity contribution in [1.82, 2.24) is 19.7 Å². The molecule has 2 heterocycles. The molecular formula is C17H22N4OS. The summed E-state index contributed by atoms with van der Waals surface area (Å²) in [7, 11) is 0. The molecule has 5 nitrogen and oxygen atoms in total. The first-order chi connectivity index (χ1) is 11.2. The molecule has 6 heteroatoms. The number of benzene rings is 1. The van der Waals surface area contributed by atoms with Crippen molar-refractivity contribution in [2.45, 2.75) is 45.2 Å². The predicted molar refractivity (Wildman–Crippen MR) is 91.5 cm³/mol. The standard InChI is InChI=1S/C17H22N4OS/c1-2-7-15-18-19-17(23)21(15)12-16(22)20-11-6-10-14(20)13-8-4-3-5-9-13/h3-5,8-9,14H,2,6-7,10-12H2,1H3,(H,19,23). The van der Waals surface area contributed by atoms with Gasteiger partial charge in [0.25, 0.3) is 0 Å². The smallest absolute Gasteiger partial charge is 0.243 e. The van der Waals surface area contributed by atoms with E-state index in [1.165, 1.54) is 5.56 Å². The van der Waals surface area contributed by atoms with Crippen LogP contribution in [-0.2, 0) is 17.8 Å². The van der Waals surface area contributed by atoms with Gasteiger partial charge in [0.2, 0.25) is 5.91 Å². The molecule has 1 unspecified atom stereocenters. The third kappa shape index (κ3) is 3.37. The van der Waals surface area contributed by atoms with E-state index in [-0.39, 0.29) is 18.5 Å². The molecule has 0 aliphatic carbocycles. The lowest BCUT2D eigenvalue weighted by Gasteiger charge is -2.25. The Bertz CT molecular complexity index is 722. The van der Waals surface area contributed by atoms with Gasteiger partial charge in [-0.1, -0.05) is 37.3 Å². The molecule has 1 fully saturated rings. The summed E-state index contributed by atoms with van der Waals surface area (Å²) in [6.45, 7) is 3.18. The van der Waals surface area contributed by atoms with E-state index in [0.29, 0.717) is 4.77 Å². The number of hydrogen-bond donors (Lipinski definition) is 1. The zero-order valence-electron chi connectivity index (χ0n) is 13.4. The number of hydrogen-bond acceptors (Lipinski definition) is 3. The third-order valence-electron chi connectivity index (χ3n) is 4.36. The van der Waals surface area contributed by atoms with Crippen molar-refractivity contribution in [2.24, 2.45) is 0 Å². The van der Waals surface area contributed by atoms with Crippen LogP contribution in [0.25, 0.3) is 0 Å². The second-order valence-electron chi connectivity index (χ2n) is 5.94. The summed E-state index contributed by atoms with van der Waals surface area (Å²) in [5.74, 6) is 0.979. The molecule has 1 amide bonds. The molecule has 0 spiro atoms. The summed E-state index contributed by atoms with van der Waals surface area (Å²) in [6, 6.07) is 10.4. The van der Waals surface area contributed by atoms with Gasteiger partial charge in [-0.15, -0.1) is 0 Å². The number of aromatic nitrogens is 3. The number of nitrogens with one attached hydrogen (secondary N) is 1. The number of carbonyl (C=O) groups is 1. The van der Waals surface area contributed by atoms with Crippen LogP contribution in [0.3, 0.4) is 0 Å². The van der Waals surface area contributed by atoms with Crippen molar-refractivity contribution >= 4 is 18.1 Å². The summed E-state index contributed by atoms with van der Waals surface area (Å²) >= 11 is 5.28. The number of aromatic amines is 1. The van der Waals surface area contributed by atoms with Crippen LogP contribution in [0, 0.1) is 4.77 Å². The Labute approximate surface area is 141 Å². The first-order valence-corrected chi connectivity index (χ1v) is 8.60. The molecule has 122 valence electrons. The highest BCUT2D eigenvalue weighted by molar-refractivity contribution is 7.71. The number of carbonyl (C=O) groups excluding carboxylic acids is 1. The van der Waals surface area contributed by atoms with E-state index in [1.54, 1.807) is 0 Å². The molecule has 1 saturated heterocycles. The van der Waals surface area contributed by atoms with Gasteiger partial charge in [-0.3, -0.25) is 14.5 Å². The Balaban J connectivity index is 1.78. The van der Waals surface area contributed by atoms with Gasteiger partial charge in [-0.25, -0.2) is 0 Å². The van der Waals surface area contributed by atoms with E-state index in [1.807, 2.05) is 27.7 Å². The van der Waals surface area contributed by atoms with Crippen molar-refractivity contribution in [2.75, 3.05) is 6.54 Å². The van der Waals surface area contributed by atoms with E-state index >= 15 is 0 Å². The Morgan fingerprint density at radius 2 is 2.17 bits per heavy atom. The van der Waals surface area contributed by atoms with Crippen LogP contribution in [-0.4, -0.2) is 32.1 Å². The molecule has 2 aromatic rings. The molecule has 23 heavy (non-hydrogen) atoms. The number of likely N-dealkylation sites (tertiary alicyclic amines) is 1. The lowest BCUT2D eigenvalue weighted by Crippen LogP contribution is -2.33. The number of nitrogens with zero attached hydrogens (tertiary/aromatic N) is 3. The largest absolute Gasteiger partial charge is 0.334 e. The Kier molecular flexibility index (Phi) is 4.91. The van der Waals surface area contributed by atoms with Gasteiger partial charge in [0, 0.05) is 13.0 Å². The normalized spacial score (nSPS) is 17.6. The van der Waals surface area contributed by atoms with Crippen molar-refractivity contribution in [3.63, 3.8) is 0 Å². The van der Waals surface area contributed by atoms with Gasteiger partial charge >= 0.3 is 0 Å². The minimum Gasteiger partial charge on any atom is -0.334 e. The summed E-state index contributed by atoms with van der Waals surface area (Å²) in [4.78, 5) is 14.8. The Hall–Kier alpha value is -1.95. The molecule has 1 aromatic heterocycles. The number of rotatable bonds is 5. The van der Waals surface area contributed by atoms with Crippen LogP contribution in [0.4, 0.5) is 0 Å². The van der Waals surface area contributed by atoms with Crippen molar-refractivity contribution in [1.29, 1.82) is 0 Å². The maximum atomic E-state index is 12.8. The van der Waals surface area contributed by atoms with Gasteiger partial charge in [-0.05, 0) is 37.0 Å². The van der Waals surface area contributed by atoms with Crippen molar-refractivity contribution < 1.29 is 4.79 Å². The fourth-order valence-corrected chi connectivity index (χ4v) is 3.46. The van der Waals surface area contributed by atoms with Crippen LogP contribution in [0.1, 0.15) is 43.6 Å². The zero-order valence-corrected chi connectivity index (χ0v) is 14.2. The van der Waals surface area contributed by atoms with Crippen molar-refractivity contribution in [3.05, 3.63) is 46.5 Å². The van der Waals surface area contributed by atoms with Gasteiger partial charge in [-0.2, -0.15) is 5.10 Å². The molecule has 3 rings (SSSR count). The average Bonchev–Trinajstić information content (AvgIpc) is 3.18. The second-order valence-corrected chi connectivity index (χ2v) is 6.32. The van der Waals surface area contributed by atoms with Crippen LogP contribution >= 0.6 is 12.2 Å². The first-order valence-electron chi connectivity index (χ1n) is 8.19. The highest BCUT2D eigenvalue weighted by Gasteiger charge is 2.30. The molecule has 0 radical (unpaired) electrons. The van der Waals surface area contributed by atoms with Crippen LogP contribution in [0.2, 0.25) is 0 Å².